The number of aliphatic hydroxyl groups excluding tert-OH is 2. The monoisotopic (exact) mass is 306 g/mol. The molecule has 22 heavy (non-hydrogen) atoms. The number of aliphatic hydroxyl groups is 2. The molecule has 0 unspecified atom stereocenters. The van der Waals surface area contributed by atoms with Gasteiger partial charge in [-0.05, 0) is 35.4 Å². The standard InChI is InChI=1S/C16H18O6/c1-21-13-5-10(6-14(22-2)16(13)20)9-3-11(7-17)15(19)12(4-9)8-18/h3-6,17-20H,7-8H2,1-2H3. The minimum atomic E-state index is -0.362. The number of hydrogen-bond donors (Lipinski definition) is 4. The highest BCUT2D eigenvalue weighted by atomic mass is 16.5. The lowest BCUT2D eigenvalue weighted by atomic mass is 9.98. The Morgan fingerprint density at radius 1 is 0.727 bits per heavy atom. The van der Waals surface area contributed by atoms with Gasteiger partial charge < -0.3 is 29.9 Å². The second-order valence-electron chi connectivity index (χ2n) is 4.69. The van der Waals surface area contributed by atoms with E-state index in [-0.39, 0.29) is 36.2 Å². The summed E-state index contributed by atoms with van der Waals surface area (Å²) in [5.74, 6) is 0.223. The van der Waals surface area contributed by atoms with Crippen molar-refractivity contribution in [3.63, 3.8) is 0 Å². The number of benzene rings is 2. The number of ether oxygens (including phenoxy) is 2. The molecule has 0 saturated heterocycles. The van der Waals surface area contributed by atoms with Crippen molar-refractivity contribution in [1.82, 2.24) is 0 Å². The van der Waals surface area contributed by atoms with Gasteiger partial charge in [0.25, 0.3) is 0 Å². The molecule has 2 aromatic carbocycles. The van der Waals surface area contributed by atoms with Crippen LogP contribution in [0.2, 0.25) is 0 Å². The van der Waals surface area contributed by atoms with Crippen LogP contribution in [0.4, 0.5) is 0 Å². The molecule has 0 amide bonds. The lowest BCUT2D eigenvalue weighted by molar-refractivity contribution is 0.264. The van der Waals surface area contributed by atoms with Gasteiger partial charge in [0.1, 0.15) is 5.75 Å². The lowest BCUT2D eigenvalue weighted by Crippen LogP contribution is -1.95. The van der Waals surface area contributed by atoms with Crippen LogP contribution in [0.25, 0.3) is 11.1 Å². The fourth-order valence-electron chi connectivity index (χ4n) is 2.23. The van der Waals surface area contributed by atoms with Crippen LogP contribution >= 0.6 is 0 Å². The van der Waals surface area contributed by atoms with Gasteiger partial charge >= 0.3 is 0 Å². The zero-order valence-corrected chi connectivity index (χ0v) is 12.3. The van der Waals surface area contributed by atoms with Crippen LogP contribution in [-0.4, -0.2) is 34.6 Å². The van der Waals surface area contributed by atoms with Crippen LogP contribution in [0, 0.1) is 0 Å². The van der Waals surface area contributed by atoms with Crippen molar-refractivity contribution >= 4 is 0 Å². The summed E-state index contributed by atoms with van der Waals surface area (Å²) in [4.78, 5) is 0. The number of phenolic OH excluding ortho intramolecular Hbond substituents is 1. The van der Waals surface area contributed by atoms with Crippen LogP contribution in [0.1, 0.15) is 11.1 Å². The first kappa shape index (κ1) is 15.9. The summed E-state index contributed by atoms with van der Waals surface area (Å²) < 4.78 is 10.2. The highest BCUT2D eigenvalue weighted by molar-refractivity contribution is 5.73. The van der Waals surface area contributed by atoms with Crippen LogP contribution in [0.3, 0.4) is 0 Å². The second-order valence-corrected chi connectivity index (χ2v) is 4.69. The molecule has 6 heteroatoms. The Balaban J connectivity index is 2.65. The normalized spacial score (nSPS) is 10.5. The molecular formula is C16H18O6. The summed E-state index contributed by atoms with van der Waals surface area (Å²) in [6.45, 7) is -0.724. The highest BCUT2D eigenvalue weighted by Gasteiger charge is 2.15. The predicted molar refractivity (Wildman–Crippen MR) is 80.2 cm³/mol. The van der Waals surface area contributed by atoms with Gasteiger partial charge in [-0.3, -0.25) is 0 Å². The number of aromatic hydroxyl groups is 2. The Bertz CT molecular complexity index is 571. The summed E-state index contributed by atoms with van der Waals surface area (Å²) in [6, 6.07) is 6.40. The predicted octanol–water partition coefficient (Wildman–Crippen LogP) is 1.77. The Hall–Kier alpha value is -2.44. The molecule has 0 spiro atoms. The van der Waals surface area contributed by atoms with Crippen LogP contribution in [0.15, 0.2) is 24.3 Å². The van der Waals surface area contributed by atoms with Crippen molar-refractivity contribution in [3.05, 3.63) is 35.4 Å². The molecule has 118 valence electrons. The maximum absolute atomic E-state index is 9.94. The van der Waals surface area contributed by atoms with Crippen molar-refractivity contribution in [2.45, 2.75) is 13.2 Å². The maximum atomic E-state index is 9.94. The van der Waals surface area contributed by atoms with E-state index in [0.29, 0.717) is 22.3 Å². The molecule has 0 atom stereocenters. The molecular weight excluding hydrogens is 288 g/mol. The SMILES string of the molecule is COc1cc(-c2cc(CO)c(O)c(CO)c2)cc(OC)c1O. The Kier molecular flexibility index (Phi) is 4.75. The first-order chi connectivity index (χ1) is 10.5. The van der Waals surface area contributed by atoms with E-state index in [1.54, 1.807) is 24.3 Å². The zero-order chi connectivity index (χ0) is 16.3. The van der Waals surface area contributed by atoms with Gasteiger partial charge in [-0.1, -0.05) is 0 Å². The third-order valence-electron chi connectivity index (χ3n) is 3.42. The molecule has 0 radical (unpaired) electrons. The highest BCUT2D eigenvalue weighted by Crippen LogP contribution is 2.41. The van der Waals surface area contributed by atoms with Crippen LogP contribution in [0.5, 0.6) is 23.0 Å². The van der Waals surface area contributed by atoms with E-state index in [1.807, 2.05) is 0 Å². The molecule has 0 saturated carbocycles. The van der Waals surface area contributed by atoms with Crippen LogP contribution < -0.4 is 9.47 Å². The van der Waals surface area contributed by atoms with Gasteiger partial charge in [0, 0.05) is 11.1 Å². The molecule has 4 N–H and O–H groups in total. The van der Waals surface area contributed by atoms with E-state index in [0.717, 1.165) is 0 Å². The summed E-state index contributed by atoms with van der Waals surface area (Å²) in [5.41, 5.74) is 1.89. The second kappa shape index (κ2) is 6.55. The topological polar surface area (TPSA) is 99.4 Å². The third kappa shape index (κ3) is 2.79. The summed E-state index contributed by atoms with van der Waals surface area (Å²) in [5, 5.41) is 38.5. The molecule has 2 aromatic rings. The number of phenols is 2. The molecule has 0 aliphatic carbocycles. The van der Waals surface area contributed by atoms with Crippen molar-refractivity contribution in [1.29, 1.82) is 0 Å². The number of hydrogen-bond acceptors (Lipinski definition) is 6. The minimum Gasteiger partial charge on any atom is -0.507 e. The Morgan fingerprint density at radius 2 is 1.14 bits per heavy atom. The first-order valence-electron chi connectivity index (χ1n) is 6.57. The van der Waals surface area contributed by atoms with Gasteiger partial charge in [0.15, 0.2) is 11.5 Å². The van der Waals surface area contributed by atoms with E-state index < -0.39 is 0 Å². The summed E-state index contributed by atoms with van der Waals surface area (Å²) in [7, 11) is 2.85. The fraction of sp³-hybridized carbons (Fsp3) is 0.250. The quantitative estimate of drug-likeness (QED) is 0.672. The van der Waals surface area contributed by atoms with Crippen molar-refractivity contribution in [3.8, 4) is 34.1 Å². The summed E-state index contributed by atoms with van der Waals surface area (Å²) in [6.07, 6.45) is 0. The Morgan fingerprint density at radius 3 is 1.50 bits per heavy atom. The molecule has 0 heterocycles. The van der Waals surface area contributed by atoms with E-state index in [1.165, 1.54) is 14.2 Å². The smallest absolute Gasteiger partial charge is 0.200 e. The van der Waals surface area contributed by atoms with Crippen molar-refractivity contribution in [2.24, 2.45) is 0 Å². The first-order valence-corrected chi connectivity index (χ1v) is 6.57. The van der Waals surface area contributed by atoms with Gasteiger partial charge in [0.2, 0.25) is 5.75 Å². The summed E-state index contributed by atoms with van der Waals surface area (Å²) >= 11 is 0. The average Bonchev–Trinajstić information content (AvgIpc) is 2.55. The average molecular weight is 306 g/mol. The molecule has 0 fully saturated rings. The number of methoxy groups -OCH3 is 2. The third-order valence-corrected chi connectivity index (χ3v) is 3.42. The van der Waals surface area contributed by atoms with E-state index >= 15 is 0 Å². The molecule has 0 aliphatic rings. The lowest BCUT2D eigenvalue weighted by Gasteiger charge is -2.14. The number of rotatable bonds is 5. The van der Waals surface area contributed by atoms with Gasteiger partial charge in [0.05, 0.1) is 27.4 Å². The van der Waals surface area contributed by atoms with Crippen LogP contribution in [-0.2, 0) is 13.2 Å². The van der Waals surface area contributed by atoms with Gasteiger partial charge in [-0.15, -0.1) is 0 Å². The van der Waals surface area contributed by atoms with Gasteiger partial charge in [-0.2, -0.15) is 0 Å². The largest absolute Gasteiger partial charge is 0.507 e. The van der Waals surface area contributed by atoms with Crippen molar-refractivity contribution in [2.75, 3.05) is 14.2 Å². The Labute approximate surface area is 127 Å². The van der Waals surface area contributed by atoms with E-state index in [9.17, 15) is 20.4 Å². The fourth-order valence-corrected chi connectivity index (χ4v) is 2.23. The molecule has 0 aliphatic heterocycles. The van der Waals surface area contributed by atoms with Crippen molar-refractivity contribution < 1.29 is 29.9 Å². The maximum Gasteiger partial charge on any atom is 0.200 e. The van der Waals surface area contributed by atoms with Gasteiger partial charge in [-0.25, -0.2) is 0 Å². The molecule has 0 aromatic heterocycles. The molecule has 6 nitrogen and oxygen atoms in total. The zero-order valence-electron chi connectivity index (χ0n) is 12.3. The molecule has 0 bridgehead atoms. The molecule has 2 rings (SSSR count). The van der Waals surface area contributed by atoms with E-state index in [2.05, 4.69) is 0 Å². The minimum absolute atomic E-state index is 0.114. The van der Waals surface area contributed by atoms with E-state index in [4.69, 9.17) is 9.47 Å².